The van der Waals surface area contributed by atoms with Crippen LogP contribution in [0.3, 0.4) is 0 Å². The highest BCUT2D eigenvalue weighted by Gasteiger charge is 2.03. The van der Waals surface area contributed by atoms with Crippen LogP contribution in [0.1, 0.15) is 0 Å². The molecule has 0 spiro atoms. The van der Waals surface area contributed by atoms with E-state index < -0.39 is 0 Å². The molecule has 0 N–H and O–H groups in total. The van der Waals surface area contributed by atoms with Gasteiger partial charge in [-0.2, -0.15) is 0 Å². The maximum atomic E-state index is 4.44. The second-order valence-electron chi connectivity index (χ2n) is 3.04. The number of rotatable bonds is 2. The lowest BCUT2D eigenvalue weighted by molar-refractivity contribution is 1.13. The quantitative estimate of drug-likeness (QED) is 0.744. The molecule has 0 bridgehead atoms. The summed E-state index contributed by atoms with van der Waals surface area (Å²) in [5.74, 6) is 0. The summed E-state index contributed by atoms with van der Waals surface area (Å²) in [7, 11) is 0. The fourth-order valence-electron chi connectivity index (χ4n) is 1.21. The maximum Gasteiger partial charge on any atom is 0.0314 e. The Balaban J connectivity index is 2.29. The maximum absolute atomic E-state index is 4.44. The van der Waals surface area contributed by atoms with E-state index in [0.29, 0.717) is 0 Å². The van der Waals surface area contributed by atoms with Crippen LogP contribution in [0.2, 0.25) is 0 Å². The summed E-state index contributed by atoms with van der Waals surface area (Å²) >= 11 is 10.5. The number of benzene rings is 2. The zero-order valence-electron chi connectivity index (χ0n) is 7.92. The van der Waals surface area contributed by atoms with Crippen LogP contribution >= 0.6 is 37.0 Å². The first-order valence-electron chi connectivity index (χ1n) is 4.51. The average molecular weight is 250 g/mol. The summed E-state index contributed by atoms with van der Waals surface area (Å²) in [6.07, 6.45) is 0. The molecule has 0 radical (unpaired) electrons. The highest BCUT2D eigenvalue weighted by Crippen LogP contribution is 2.34. The van der Waals surface area contributed by atoms with Gasteiger partial charge in [0.25, 0.3) is 0 Å². The molecule has 0 amide bonds. The van der Waals surface area contributed by atoms with Gasteiger partial charge in [0.05, 0.1) is 0 Å². The first-order valence-corrected chi connectivity index (χ1v) is 6.22. The van der Waals surface area contributed by atoms with Crippen LogP contribution < -0.4 is 0 Å². The normalized spacial score (nSPS) is 10.3. The number of hydrogen-bond acceptors (Lipinski definition) is 3. The topological polar surface area (TPSA) is 0 Å². The van der Waals surface area contributed by atoms with Crippen LogP contribution in [0.4, 0.5) is 0 Å². The van der Waals surface area contributed by atoms with E-state index >= 15 is 0 Å². The molecule has 0 aromatic heterocycles. The Morgan fingerprint density at radius 2 is 1.53 bits per heavy atom. The van der Waals surface area contributed by atoms with E-state index in [0.717, 1.165) is 14.7 Å². The van der Waals surface area contributed by atoms with E-state index in [1.807, 2.05) is 30.3 Å². The van der Waals surface area contributed by atoms with Crippen molar-refractivity contribution in [1.82, 2.24) is 0 Å². The summed E-state index contributed by atoms with van der Waals surface area (Å²) in [5.41, 5.74) is 0. The van der Waals surface area contributed by atoms with Gasteiger partial charge in [-0.25, -0.2) is 0 Å². The first kappa shape index (κ1) is 11.0. The summed E-state index contributed by atoms with van der Waals surface area (Å²) in [6.45, 7) is 0. The summed E-state index contributed by atoms with van der Waals surface area (Å²) in [6, 6.07) is 16.2. The second kappa shape index (κ2) is 5.01. The second-order valence-corrected chi connectivity index (χ2v) is 5.08. The van der Waals surface area contributed by atoms with Gasteiger partial charge in [-0.3, -0.25) is 0 Å². The fourth-order valence-corrected chi connectivity index (χ4v) is 2.68. The Morgan fingerprint density at radius 1 is 0.800 bits per heavy atom. The van der Waals surface area contributed by atoms with E-state index in [1.165, 1.54) is 4.90 Å². The standard InChI is InChI=1S/C12H10S3/c13-10-7-4-8-11(12(10)14)15-9-5-2-1-3-6-9/h1-8,13-14H. The molecule has 2 rings (SSSR count). The van der Waals surface area contributed by atoms with Crippen molar-refractivity contribution in [2.45, 2.75) is 19.6 Å². The van der Waals surface area contributed by atoms with Crippen LogP contribution in [0.25, 0.3) is 0 Å². The molecule has 76 valence electrons. The molecular weight excluding hydrogens is 240 g/mol. The van der Waals surface area contributed by atoms with Crippen molar-refractivity contribution in [2.24, 2.45) is 0 Å². The molecular formula is C12H10S3. The van der Waals surface area contributed by atoms with Gasteiger partial charge in [0, 0.05) is 19.6 Å². The fraction of sp³-hybridized carbons (Fsp3) is 0. The van der Waals surface area contributed by atoms with Crippen molar-refractivity contribution in [3.8, 4) is 0 Å². The minimum Gasteiger partial charge on any atom is -0.142 e. The van der Waals surface area contributed by atoms with Gasteiger partial charge in [0.1, 0.15) is 0 Å². The minimum atomic E-state index is 0.916. The lowest BCUT2D eigenvalue weighted by Crippen LogP contribution is -1.78. The van der Waals surface area contributed by atoms with E-state index in [1.54, 1.807) is 11.8 Å². The minimum absolute atomic E-state index is 0.916. The summed E-state index contributed by atoms with van der Waals surface area (Å²) in [4.78, 5) is 4.21. The highest BCUT2D eigenvalue weighted by atomic mass is 32.2. The molecule has 0 aliphatic rings. The third kappa shape index (κ3) is 2.74. The number of thiol groups is 2. The smallest absolute Gasteiger partial charge is 0.0314 e. The van der Waals surface area contributed by atoms with Crippen molar-refractivity contribution >= 4 is 37.0 Å². The Hall–Kier alpha value is -0.510. The van der Waals surface area contributed by atoms with Crippen LogP contribution in [-0.2, 0) is 0 Å². The Bertz CT molecular complexity index is 452. The van der Waals surface area contributed by atoms with Crippen molar-refractivity contribution in [3.63, 3.8) is 0 Å². The van der Waals surface area contributed by atoms with Crippen LogP contribution in [0, 0.1) is 0 Å². The molecule has 3 heteroatoms. The Kier molecular flexibility index (Phi) is 3.67. The van der Waals surface area contributed by atoms with Crippen molar-refractivity contribution in [2.75, 3.05) is 0 Å². The lowest BCUT2D eigenvalue weighted by Gasteiger charge is -2.06. The molecule has 15 heavy (non-hydrogen) atoms. The number of hydrogen-bond donors (Lipinski definition) is 2. The van der Waals surface area contributed by atoms with Crippen molar-refractivity contribution in [1.29, 1.82) is 0 Å². The zero-order chi connectivity index (χ0) is 10.7. The molecule has 0 unspecified atom stereocenters. The predicted molar refractivity (Wildman–Crippen MR) is 71.5 cm³/mol. The zero-order valence-corrected chi connectivity index (χ0v) is 10.5. The average Bonchev–Trinajstić information content (AvgIpc) is 2.26. The van der Waals surface area contributed by atoms with Gasteiger partial charge < -0.3 is 0 Å². The van der Waals surface area contributed by atoms with Gasteiger partial charge in [-0.05, 0) is 24.3 Å². The van der Waals surface area contributed by atoms with Crippen LogP contribution in [-0.4, -0.2) is 0 Å². The van der Waals surface area contributed by atoms with E-state index in [2.05, 4.69) is 43.5 Å². The van der Waals surface area contributed by atoms with Gasteiger partial charge in [-0.1, -0.05) is 36.0 Å². The molecule has 0 fully saturated rings. The molecule has 0 saturated heterocycles. The highest BCUT2D eigenvalue weighted by molar-refractivity contribution is 7.99. The third-order valence-corrected chi connectivity index (χ3v) is 4.20. The SMILES string of the molecule is Sc1cccc(Sc2ccccc2)c1S. The molecule has 0 saturated carbocycles. The third-order valence-electron chi connectivity index (χ3n) is 1.95. The van der Waals surface area contributed by atoms with Gasteiger partial charge in [-0.15, -0.1) is 25.3 Å². The first-order chi connectivity index (χ1) is 7.27. The largest absolute Gasteiger partial charge is 0.142 e. The molecule has 0 atom stereocenters. The summed E-state index contributed by atoms with van der Waals surface area (Å²) in [5, 5.41) is 0. The van der Waals surface area contributed by atoms with Gasteiger partial charge in [0.2, 0.25) is 0 Å². The Labute approximate surface area is 105 Å². The van der Waals surface area contributed by atoms with E-state index in [-0.39, 0.29) is 0 Å². The molecule has 0 aliphatic heterocycles. The molecule has 0 heterocycles. The molecule has 0 nitrogen and oxygen atoms in total. The molecule has 2 aromatic carbocycles. The van der Waals surface area contributed by atoms with Crippen molar-refractivity contribution < 1.29 is 0 Å². The monoisotopic (exact) mass is 250 g/mol. The summed E-state index contributed by atoms with van der Waals surface area (Å²) < 4.78 is 0. The predicted octanol–water partition coefficient (Wildman–Crippen LogP) is 4.42. The van der Waals surface area contributed by atoms with E-state index in [9.17, 15) is 0 Å². The van der Waals surface area contributed by atoms with Crippen LogP contribution in [0.15, 0.2) is 68.1 Å². The van der Waals surface area contributed by atoms with Gasteiger partial charge >= 0.3 is 0 Å². The molecule has 2 aromatic rings. The van der Waals surface area contributed by atoms with E-state index in [4.69, 9.17) is 0 Å². The van der Waals surface area contributed by atoms with Crippen LogP contribution in [0.5, 0.6) is 0 Å². The van der Waals surface area contributed by atoms with Crippen molar-refractivity contribution in [3.05, 3.63) is 48.5 Å². The Morgan fingerprint density at radius 3 is 2.27 bits per heavy atom. The van der Waals surface area contributed by atoms with Gasteiger partial charge in [0.15, 0.2) is 0 Å². The lowest BCUT2D eigenvalue weighted by atomic mass is 10.4. The molecule has 0 aliphatic carbocycles.